The van der Waals surface area contributed by atoms with Gasteiger partial charge in [-0.25, -0.2) is 4.39 Å². The molecule has 1 atom stereocenters. The van der Waals surface area contributed by atoms with Gasteiger partial charge in [-0.05, 0) is 36.5 Å². The summed E-state index contributed by atoms with van der Waals surface area (Å²) in [6.07, 6.45) is 6.06. The smallest absolute Gasteiger partial charge is 0.168 e. The minimum absolute atomic E-state index is 0.0340. The molecule has 3 heteroatoms. The van der Waals surface area contributed by atoms with Crippen LogP contribution in [0.4, 0.5) is 4.39 Å². The molecule has 0 radical (unpaired) electrons. The highest BCUT2D eigenvalue weighted by Crippen LogP contribution is 2.42. The zero-order valence-electron chi connectivity index (χ0n) is 12.0. The summed E-state index contributed by atoms with van der Waals surface area (Å²) in [5, 5.41) is 0.705. The Labute approximate surface area is 118 Å². The van der Waals surface area contributed by atoms with Crippen molar-refractivity contribution < 1.29 is 9.18 Å². The van der Waals surface area contributed by atoms with Crippen molar-refractivity contribution in [2.24, 2.45) is 11.3 Å². The van der Waals surface area contributed by atoms with Crippen LogP contribution in [-0.2, 0) is 0 Å². The second kappa shape index (κ2) is 4.72. The Morgan fingerprint density at radius 1 is 1.35 bits per heavy atom. The first-order chi connectivity index (χ1) is 9.49. The van der Waals surface area contributed by atoms with E-state index in [4.69, 9.17) is 0 Å². The fourth-order valence-electron chi connectivity index (χ4n) is 3.46. The second-order valence-electron chi connectivity index (χ2n) is 6.54. The highest BCUT2D eigenvalue weighted by atomic mass is 19.1. The van der Waals surface area contributed by atoms with Gasteiger partial charge >= 0.3 is 0 Å². The molecule has 3 rings (SSSR count). The minimum atomic E-state index is -0.297. The zero-order valence-corrected chi connectivity index (χ0v) is 12.0. The van der Waals surface area contributed by atoms with E-state index in [9.17, 15) is 9.18 Å². The largest absolute Gasteiger partial charge is 0.360 e. The third-order valence-corrected chi connectivity index (χ3v) is 4.73. The van der Waals surface area contributed by atoms with Crippen LogP contribution in [0.1, 0.15) is 49.9 Å². The summed E-state index contributed by atoms with van der Waals surface area (Å²) in [7, 11) is 0. The molecule has 1 N–H and O–H groups in total. The molecule has 20 heavy (non-hydrogen) atoms. The van der Waals surface area contributed by atoms with Gasteiger partial charge in [0, 0.05) is 28.6 Å². The molecule has 0 aliphatic heterocycles. The third kappa shape index (κ3) is 2.15. The van der Waals surface area contributed by atoms with E-state index in [0.29, 0.717) is 10.9 Å². The van der Waals surface area contributed by atoms with Gasteiger partial charge in [0.05, 0.1) is 0 Å². The lowest BCUT2D eigenvalue weighted by molar-refractivity contribution is 0.0699. The van der Waals surface area contributed by atoms with E-state index in [0.717, 1.165) is 24.8 Å². The summed E-state index contributed by atoms with van der Waals surface area (Å²) in [6.45, 7) is 4.34. The molecule has 1 aromatic heterocycles. The average Bonchev–Trinajstić information content (AvgIpc) is 2.80. The van der Waals surface area contributed by atoms with Gasteiger partial charge in [-0.3, -0.25) is 4.79 Å². The number of aromatic amines is 1. The van der Waals surface area contributed by atoms with Crippen molar-refractivity contribution in [1.29, 1.82) is 0 Å². The Kier molecular flexibility index (Phi) is 3.15. The van der Waals surface area contributed by atoms with Crippen LogP contribution in [0.25, 0.3) is 10.9 Å². The molecule has 106 valence electrons. The van der Waals surface area contributed by atoms with E-state index in [1.807, 2.05) is 0 Å². The number of rotatable bonds is 2. The highest BCUT2D eigenvalue weighted by Gasteiger charge is 2.38. The SMILES string of the molecule is CC1(C)CCCCC1C(=O)c1c[nH]c2ccc(F)cc12. The summed E-state index contributed by atoms with van der Waals surface area (Å²) >= 11 is 0. The number of aromatic nitrogens is 1. The molecule has 2 aromatic rings. The summed E-state index contributed by atoms with van der Waals surface area (Å²) < 4.78 is 13.4. The molecule has 0 saturated heterocycles. The van der Waals surface area contributed by atoms with Crippen molar-refractivity contribution in [2.75, 3.05) is 0 Å². The van der Waals surface area contributed by atoms with Crippen LogP contribution < -0.4 is 0 Å². The summed E-state index contributed by atoms with van der Waals surface area (Å²) in [5.74, 6) is -0.0980. The van der Waals surface area contributed by atoms with Gasteiger partial charge < -0.3 is 4.98 Å². The molecule has 1 fully saturated rings. The van der Waals surface area contributed by atoms with Gasteiger partial charge in [0.15, 0.2) is 5.78 Å². The Bertz CT molecular complexity index is 656. The first-order valence-electron chi connectivity index (χ1n) is 7.30. The summed E-state index contributed by atoms with van der Waals surface area (Å²) in [4.78, 5) is 15.9. The average molecular weight is 273 g/mol. The zero-order chi connectivity index (χ0) is 14.3. The van der Waals surface area contributed by atoms with Crippen LogP contribution in [0.3, 0.4) is 0 Å². The van der Waals surface area contributed by atoms with E-state index < -0.39 is 0 Å². The fourth-order valence-corrected chi connectivity index (χ4v) is 3.46. The molecule has 0 spiro atoms. The van der Waals surface area contributed by atoms with Gasteiger partial charge in [-0.15, -0.1) is 0 Å². The van der Waals surface area contributed by atoms with Crippen molar-refractivity contribution in [1.82, 2.24) is 4.98 Å². The number of hydrogen-bond donors (Lipinski definition) is 1. The quantitative estimate of drug-likeness (QED) is 0.790. The van der Waals surface area contributed by atoms with Gasteiger partial charge in [-0.1, -0.05) is 26.7 Å². The van der Waals surface area contributed by atoms with E-state index >= 15 is 0 Å². The molecule has 1 aliphatic carbocycles. The van der Waals surface area contributed by atoms with Crippen LogP contribution in [0.5, 0.6) is 0 Å². The number of Topliss-reactive ketones (excluding diaryl/α,β-unsaturated/α-hetero) is 1. The maximum Gasteiger partial charge on any atom is 0.168 e. The third-order valence-electron chi connectivity index (χ3n) is 4.73. The van der Waals surface area contributed by atoms with Crippen molar-refractivity contribution >= 4 is 16.7 Å². The van der Waals surface area contributed by atoms with Crippen molar-refractivity contribution in [3.63, 3.8) is 0 Å². The Hall–Kier alpha value is -1.64. The fraction of sp³-hybridized carbons (Fsp3) is 0.471. The van der Waals surface area contributed by atoms with Gasteiger partial charge in [0.25, 0.3) is 0 Å². The predicted molar refractivity (Wildman–Crippen MR) is 78.3 cm³/mol. The van der Waals surface area contributed by atoms with Crippen LogP contribution in [0, 0.1) is 17.2 Å². The lowest BCUT2D eigenvalue weighted by Crippen LogP contribution is -2.34. The van der Waals surface area contributed by atoms with Crippen LogP contribution >= 0.6 is 0 Å². The number of ketones is 1. The number of fused-ring (bicyclic) bond motifs is 1. The van der Waals surface area contributed by atoms with Crippen molar-refractivity contribution in [2.45, 2.75) is 39.5 Å². The van der Waals surface area contributed by atoms with Crippen LogP contribution in [-0.4, -0.2) is 10.8 Å². The molecule has 1 aromatic carbocycles. The normalized spacial score (nSPS) is 22.1. The van der Waals surface area contributed by atoms with Crippen LogP contribution in [0.15, 0.2) is 24.4 Å². The molecular weight excluding hydrogens is 253 g/mol. The maximum absolute atomic E-state index is 13.4. The molecule has 1 heterocycles. The summed E-state index contributed by atoms with van der Waals surface area (Å²) in [5.41, 5.74) is 1.49. The molecular formula is C17H20FNO. The lowest BCUT2D eigenvalue weighted by atomic mass is 9.66. The molecule has 0 amide bonds. The Morgan fingerprint density at radius 2 is 2.15 bits per heavy atom. The molecule has 1 unspecified atom stereocenters. The van der Waals surface area contributed by atoms with Crippen LogP contribution in [0.2, 0.25) is 0 Å². The molecule has 2 nitrogen and oxygen atoms in total. The van der Waals surface area contributed by atoms with E-state index in [2.05, 4.69) is 18.8 Å². The number of nitrogens with one attached hydrogen (secondary N) is 1. The Balaban J connectivity index is 2.02. The first-order valence-corrected chi connectivity index (χ1v) is 7.30. The lowest BCUT2D eigenvalue weighted by Gasteiger charge is -2.37. The monoisotopic (exact) mass is 273 g/mol. The van der Waals surface area contributed by atoms with E-state index in [-0.39, 0.29) is 22.9 Å². The number of carbonyl (C=O) groups excluding carboxylic acids is 1. The topological polar surface area (TPSA) is 32.9 Å². The number of H-pyrrole nitrogens is 1. The van der Waals surface area contributed by atoms with Gasteiger partial charge in [0.2, 0.25) is 0 Å². The van der Waals surface area contributed by atoms with Gasteiger partial charge in [-0.2, -0.15) is 0 Å². The molecule has 1 aliphatic rings. The van der Waals surface area contributed by atoms with Crippen molar-refractivity contribution in [3.05, 3.63) is 35.8 Å². The first kappa shape index (κ1) is 13.3. The minimum Gasteiger partial charge on any atom is -0.360 e. The maximum atomic E-state index is 13.4. The van der Waals surface area contributed by atoms with E-state index in [1.165, 1.54) is 18.6 Å². The second-order valence-corrected chi connectivity index (χ2v) is 6.54. The number of halogens is 1. The number of carbonyl (C=O) groups is 1. The highest BCUT2D eigenvalue weighted by molar-refractivity contribution is 6.09. The standard InChI is InChI=1S/C17H20FNO/c1-17(2)8-4-3-5-14(17)16(20)13-10-19-15-7-6-11(18)9-12(13)15/h6-7,9-10,14,19H,3-5,8H2,1-2H3. The predicted octanol–water partition coefficient (Wildman–Crippen LogP) is 4.71. The number of hydrogen-bond acceptors (Lipinski definition) is 1. The number of benzene rings is 1. The van der Waals surface area contributed by atoms with E-state index in [1.54, 1.807) is 12.3 Å². The van der Waals surface area contributed by atoms with Crippen molar-refractivity contribution in [3.8, 4) is 0 Å². The van der Waals surface area contributed by atoms with Gasteiger partial charge in [0.1, 0.15) is 5.82 Å². The summed E-state index contributed by atoms with van der Waals surface area (Å²) in [6, 6.07) is 4.56. The Morgan fingerprint density at radius 3 is 2.90 bits per heavy atom. The molecule has 1 saturated carbocycles. The molecule has 0 bridgehead atoms.